The molecule has 142 valence electrons. The summed E-state index contributed by atoms with van der Waals surface area (Å²) in [5.74, 6) is 0.290. The Kier molecular flexibility index (Phi) is 3.63. The minimum absolute atomic E-state index is 0.0332. The van der Waals surface area contributed by atoms with Gasteiger partial charge < -0.3 is 14.8 Å². The van der Waals surface area contributed by atoms with Gasteiger partial charge in [0.15, 0.2) is 0 Å². The van der Waals surface area contributed by atoms with Crippen LogP contribution in [0.3, 0.4) is 0 Å². The summed E-state index contributed by atoms with van der Waals surface area (Å²) in [6.07, 6.45) is 3.66. The molecule has 2 saturated heterocycles. The lowest BCUT2D eigenvalue weighted by Crippen LogP contribution is -2.58. The standard InChI is InChI=1S/C21H24N2O4/c1-12-13-7-9-23-10-8-21(15-5-3-4-6-16(15)22-20(21)25)18(23)14(13)11-17(27-12)19(24)26-2/h3-6,11-14,18H,7-10H2,1-2H3,(H,22,25). The number of benzene rings is 1. The van der Waals surface area contributed by atoms with Gasteiger partial charge in [0.05, 0.1) is 18.6 Å². The van der Waals surface area contributed by atoms with Gasteiger partial charge in [0.1, 0.15) is 0 Å². The number of rotatable bonds is 1. The molecule has 0 saturated carbocycles. The summed E-state index contributed by atoms with van der Waals surface area (Å²) in [6.45, 7) is 3.87. The van der Waals surface area contributed by atoms with Gasteiger partial charge >= 0.3 is 5.97 Å². The van der Waals surface area contributed by atoms with Crippen LogP contribution in [-0.4, -0.2) is 49.1 Å². The molecular formula is C21H24N2O4. The molecule has 0 bridgehead atoms. The lowest BCUT2D eigenvalue weighted by atomic mass is 9.64. The number of carbonyl (C=O) groups is 2. The van der Waals surface area contributed by atoms with Gasteiger partial charge in [-0.2, -0.15) is 0 Å². The van der Waals surface area contributed by atoms with Crippen LogP contribution in [0.4, 0.5) is 5.69 Å². The molecule has 0 radical (unpaired) electrons. The highest BCUT2D eigenvalue weighted by molar-refractivity contribution is 6.07. The fraction of sp³-hybridized carbons (Fsp3) is 0.524. The molecular weight excluding hydrogens is 344 g/mol. The highest BCUT2D eigenvalue weighted by Crippen LogP contribution is 2.54. The van der Waals surface area contributed by atoms with Crippen molar-refractivity contribution in [3.63, 3.8) is 0 Å². The van der Waals surface area contributed by atoms with E-state index < -0.39 is 11.4 Å². The first-order valence-corrected chi connectivity index (χ1v) is 9.68. The number of anilines is 1. The predicted octanol–water partition coefficient (Wildman–Crippen LogP) is 2.06. The van der Waals surface area contributed by atoms with E-state index in [0.717, 1.165) is 37.2 Å². The van der Waals surface area contributed by atoms with Crippen molar-refractivity contribution < 1.29 is 19.1 Å². The third-order valence-corrected chi connectivity index (χ3v) is 7.01. The topological polar surface area (TPSA) is 67.9 Å². The molecule has 4 aliphatic heterocycles. The maximum absolute atomic E-state index is 13.3. The van der Waals surface area contributed by atoms with E-state index in [1.165, 1.54) is 7.11 Å². The SMILES string of the molecule is COC(=O)C1=CC2C(CCN3CCC4(C(=O)Nc5ccccc54)C23)C(C)O1. The molecule has 0 aliphatic carbocycles. The molecule has 5 rings (SSSR count). The van der Waals surface area contributed by atoms with Gasteiger partial charge in [-0.1, -0.05) is 18.2 Å². The molecule has 2 fully saturated rings. The van der Waals surface area contributed by atoms with Crippen molar-refractivity contribution in [3.8, 4) is 0 Å². The van der Waals surface area contributed by atoms with Crippen LogP contribution in [0.25, 0.3) is 0 Å². The van der Waals surface area contributed by atoms with Crippen LogP contribution < -0.4 is 5.32 Å². The lowest BCUT2D eigenvalue weighted by Gasteiger charge is -2.49. The fourth-order valence-electron chi connectivity index (χ4n) is 5.84. The Bertz CT molecular complexity index is 850. The van der Waals surface area contributed by atoms with Gasteiger partial charge in [-0.05, 0) is 50.6 Å². The van der Waals surface area contributed by atoms with Crippen LogP contribution in [0, 0.1) is 11.8 Å². The molecule has 1 aromatic rings. The van der Waals surface area contributed by atoms with Gasteiger partial charge in [0.25, 0.3) is 0 Å². The summed E-state index contributed by atoms with van der Waals surface area (Å²) in [7, 11) is 1.37. The number of piperidine rings is 1. The molecule has 5 unspecified atom stereocenters. The van der Waals surface area contributed by atoms with Crippen LogP contribution in [0.5, 0.6) is 0 Å². The van der Waals surface area contributed by atoms with Crippen molar-refractivity contribution in [1.29, 1.82) is 0 Å². The summed E-state index contributed by atoms with van der Waals surface area (Å²) < 4.78 is 10.8. The van der Waals surface area contributed by atoms with E-state index in [4.69, 9.17) is 9.47 Å². The Labute approximate surface area is 158 Å². The molecule has 4 aliphatic rings. The Hall–Kier alpha value is -2.34. The van der Waals surface area contributed by atoms with Gasteiger partial charge in [0.2, 0.25) is 11.7 Å². The van der Waals surface area contributed by atoms with E-state index >= 15 is 0 Å². The number of hydrogen-bond donors (Lipinski definition) is 1. The van der Waals surface area contributed by atoms with Crippen molar-refractivity contribution in [2.75, 3.05) is 25.5 Å². The number of carbonyl (C=O) groups excluding carboxylic acids is 2. The maximum atomic E-state index is 13.3. The quantitative estimate of drug-likeness (QED) is 0.769. The molecule has 4 heterocycles. The summed E-state index contributed by atoms with van der Waals surface area (Å²) in [4.78, 5) is 27.8. The third kappa shape index (κ3) is 2.16. The first-order valence-electron chi connectivity index (χ1n) is 9.68. The van der Waals surface area contributed by atoms with Crippen molar-refractivity contribution in [1.82, 2.24) is 4.90 Å². The largest absolute Gasteiger partial charge is 0.483 e. The zero-order valence-corrected chi connectivity index (χ0v) is 15.6. The molecule has 1 amide bonds. The average Bonchev–Trinajstić information content (AvgIpc) is 3.21. The smallest absolute Gasteiger partial charge is 0.372 e. The number of methoxy groups -OCH3 is 1. The number of ether oxygens (including phenoxy) is 2. The number of para-hydroxylation sites is 1. The van der Waals surface area contributed by atoms with E-state index in [1.54, 1.807) is 0 Å². The second-order valence-corrected chi connectivity index (χ2v) is 8.08. The Balaban J connectivity index is 1.64. The number of esters is 1. The summed E-state index contributed by atoms with van der Waals surface area (Å²) >= 11 is 0. The molecule has 6 heteroatoms. The third-order valence-electron chi connectivity index (χ3n) is 7.01. The molecule has 0 aromatic heterocycles. The van der Waals surface area contributed by atoms with Gasteiger partial charge in [0, 0.05) is 23.6 Å². The van der Waals surface area contributed by atoms with Crippen molar-refractivity contribution in [3.05, 3.63) is 41.7 Å². The van der Waals surface area contributed by atoms with Crippen LogP contribution in [0.15, 0.2) is 36.1 Å². The van der Waals surface area contributed by atoms with E-state index in [1.807, 2.05) is 31.2 Å². The van der Waals surface area contributed by atoms with Crippen LogP contribution in [0.2, 0.25) is 0 Å². The summed E-state index contributed by atoms with van der Waals surface area (Å²) in [5.41, 5.74) is 1.45. The second kappa shape index (κ2) is 5.83. The minimum Gasteiger partial charge on any atom is -0.483 e. The lowest BCUT2D eigenvalue weighted by molar-refractivity contribution is -0.144. The molecule has 6 nitrogen and oxygen atoms in total. The maximum Gasteiger partial charge on any atom is 0.372 e. The first kappa shape index (κ1) is 16.8. The average molecular weight is 368 g/mol. The molecule has 5 atom stereocenters. The number of fused-ring (bicyclic) bond motifs is 6. The first-order chi connectivity index (χ1) is 13.1. The normalized spacial score (nSPS) is 37.0. The Morgan fingerprint density at radius 3 is 2.96 bits per heavy atom. The predicted molar refractivity (Wildman–Crippen MR) is 99.0 cm³/mol. The minimum atomic E-state index is -0.561. The van der Waals surface area contributed by atoms with Crippen LogP contribution >= 0.6 is 0 Å². The van der Waals surface area contributed by atoms with Crippen LogP contribution in [-0.2, 0) is 24.5 Å². The molecule has 27 heavy (non-hydrogen) atoms. The van der Waals surface area contributed by atoms with Crippen molar-refractivity contribution in [2.45, 2.75) is 37.3 Å². The Morgan fingerprint density at radius 1 is 1.33 bits per heavy atom. The molecule has 1 spiro atoms. The number of nitrogens with one attached hydrogen (secondary N) is 1. The van der Waals surface area contributed by atoms with E-state index in [-0.39, 0.29) is 35.6 Å². The van der Waals surface area contributed by atoms with E-state index in [2.05, 4.69) is 16.3 Å². The summed E-state index contributed by atoms with van der Waals surface area (Å²) in [6, 6.07) is 8.05. The van der Waals surface area contributed by atoms with Gasteiger partial charge in [-0.25, -0.2) is 4.79 Å². The number of nitrogens with zero attached hydrogens (tertiary/aromatic N) is 1. The molecule has 1 N–H and O–H groups in total. The zero-order chi connectivity index (χ0) is 18.8. The fourth-order valence-corrected chi connectivity index (χ4v) is 5.84. The van der Waals surface area contributed by atoms with Gasteiger partial charge in [-0.15, -0.1) is 0 Å². The number of hydrogen-bond acceptors (Lipinski definition) is 5. The Morgan fingerprint density at radius 2 is 2.15 bits per heavy atom. The van der Waals surface area contributed by atoms with Gasteiger partial charge in [-0.3, -0.25) is 9.69 Å². The highest BCUT2D eigenvalue weighted by atomic mass is 16.6. The summed E-state index contributed by atoms with van der Waals surface area (Å²) in [5, 5.41) is 3.11. The second-order valence-electron chi connectivity index (χ2n) is 8.08. The van der Waals surface area contributed by atoms with Crippen molar-refractivity contribution in [2.24, 2.45) is 11.8 Å². The number of amides is 1. The monoisotopic (exact) mass is 368 g/mol. The zero-order valence-electron chi connectivity index (χ0n) is 15.6. The molecule has 1 aromatic carbocycles. The van der Waals surface area contributed by atoms with E-state index in [0.29, 0.717) is 0 Å². The highest BCUT2D eigenvalue weighted by Gasteiger charge is 2.62. The van der Waals surface area contributed by atoms with E-state index in [9.17, 15) is 9.59 Å². The van der Waals surface area contributed by atoms with Crippen LogP contribution in [0.1, 0.15) is 25.3 Å². The van der Waals surface area contributed by atoms with Crippen molar-refractivity contribution >= 4 is 17.6 Å².